The number of carbonyl (C=O) groups is 1. The van der Waals surface area contributed by atoms with Gasteiger partial charge in [-0.1, -0.05) is 35.9 Å². The fourth-order valence-corrected chi connectivity index (χ4v) is 2.38. The Labute approximate surface area is 135 Å². The second-order valence-corrected chi connectivity index (χ2v) is 5.72. The Morgan fingerprint density at radius 1 is 1.18 bits per heavy atom. The van der Waals surface area contributed by atoms with Crippen molar-refractivity contribution >= 4 is 17.5 Å². The largest absolute Gasteiger partial charge is 0.332 e. The van der Waals surface area contributed by atoms with Crippen molar-refractivity contribution in [2.24, 2.45) is 0 Å². The lowest BCUT2D eigenvalue weighted by molar-refractivity contribution is 0.0690. The summed E-state index contributed by atoms with van der Waals surface area (Å²) in [4.78, 5) is 14.5. The second kappa shape index (κ2) is 7.11. The minimum absolute atomic E-state index is 0.0411. The number of halogens is 1. The number of benzene rings is 2. The zero-order valence-electron chi connectivity index (χ0n) is 12.6. The van der Waals surface area contributed by atoms with Crippen LogP contribution in [0.4, 0.5) is 0 Å². The highest BCUT2D eigenvalue weighted by atomic mass is 35.5. The molecule has 0 aliphatic heterocycles. The van der Waals surface area contributed by atoms with Crippen LogP contribution in [0.1, 0.15) is 35.3 Å². The molecule has 22 heavy (non-hydrogen) atoms. The summed E-state index contributed by atoms with van der Waals surface area (Å²) in [5.74, 6) is -0.0926. The van der Waals surface area contributed by atoms with Gasteiger partial charge in [0, 0.05) is 12.6 Å². The highest BCUT2D eigenvalue weighted by Gasteiger charge is 2.20. The van der Waals surface area contributed by atoms with Crippen molar-refractivity contribution in [1.82, 2.24) is 4.90 Å². The van der Waals surface area contributed by atoms with Crippen molar-refractivity contribution in [3.63, 3.8) is 0 Å². The molecule has 112 valence electrons. The maximum atomic E-state index is 12.7. The Morgan fingerprint density at radius 2 is 1.82 bits per heavy atom. The Balaban J connectivity index is 2.25. The first kappa shape index (κ1) is 16.1. The average molecular weight is 313 g/mol. The van der Waals surface area contributed by atoms with E-state index in [9.17, 15) is 4.79 Å². The van der Waals surface area contributed by atoms with Gasteiger partial charge in [-0.05, 0) is 43.7 Å². The molecule has 0 aliphatic carbocycles. The highest BCUT2D eigenvalue weighted by Crippen LogP contribution is 2.20. The van der Waals surface area contributed by atoms with Crippen molar-refractivity contribution in [2.75, 3.05) is 0 Å². The van der Waals surface area contributed by atoms with Gasteiger partial charge in [-0.25, -0.2) is 0 Å². The first-order valence-corrected chi connectivity index (χ1v) is 7.45. The van der Waals surface area contributed by atoms with Gasteiger partial charge in [-0.15, -0.1) is 0 Å². The predicted molar refractivity (Wildman–Crippen MR) is 87.6 cm³/mol. The second-order valence-electron chi connectivity index (χ2n) is 5.32. The average Bonchev–Trinajstić information content (AvgIpc) is 2.52. The van der Waals surface area contributed by atoms with Crippen LogP contribution in [0.25, 0.3) is 0 Å². The van der Waals surface area contributed by atoms with E-state index in [1.165, 1.54) is 0 Å². The van der Waals surface area contributed by atoms with Gasteiger partial charge in [0.25, 0.3) is 5.91 Å². The molecule has 1 amide bonds. The van der Waals surface area contributed by atoms with E-state index in [0.717, 1.165) is 5.56 Å². The summed E-state index contributed by atoms with van der Waals surface area (Å²) < 4.78 is 0. The quantitative estimate of drug-likeness (QED) is 0.846. The van der Waals surface area contributed by atoms with Gasteiger partial charge < -0.3 is 4.90 Å². The Kier molecular flexibility index (Phi) is 5.19. The van der Waals surface area contributed by atoms with Crippen LogP contribution >= 0.6 is 11.6 Å². The SMILES string of the molecule is CC(C)N(Cc1ccc(C#N)cc1)C(=O)c1ccccc1Cl. The molecule has 0 aliphatic rings. The molecule has 2 rings (SSSR count). The van der Waals surface area contributed by atoms with Crippen LogP contribution in [-0.2, 0) is 6.54 Å². The van der Waals surface area contributed by atoms with Gasteiger partial charge in [0.15, 0.2) is 0 Å². The van der Waals surface area contributed by atoms with E-state index in [4.69, 9.17) is 16.9 Å². The number of nitriles is 1. The third-order valence-electron chi connectivity index (χ3n) is 3.42. The van der Waals surface area contributed by atoms with Gasteiger partial charge >= 0.3 is 0 Å². The van der Waals surface area contributed by atoms with Gasteiger partial charge in [0.05, 0.1) is 22.2 Å². The van der Waals surface area contributed by atoms with Crippen LogP contribution in [0.3, 0.4) is 0 Å². The molecule has 3 nitrogen and oxygen atoms in total. The summed E-state index contributed by atoms with van der Waals surface area (Å²) >= 11 is 6.13. The molecule has 0 aromatic heterocycles. The van der Waals surface area contributed by atoms with E-state index >= 15 is 0 Å². The maximum Gasteiger partial charge on any atom is 0.255 e. The Hall–Kier alpha value is -2.31. The van der Waals surface area contributed by atoms with E-state index < -0.39 is 0 Å². The van der Waals surface area contributed by atoms with Crippen LogP contribution < -0.4 is 0 Å². The summed E-state index contributed by atoms with van der Waals surface area (Å²) in [7, 11) is 0. The summed E-state index contributed by atoms with van der Waals surface area (Å²) in [6.45, 7) is 4.42. The number of amides is 1. The van der Waals surface area contributed by atoms with E-state index in [0.29, 0.717) is 22.7 Å². The first-order chi connectivity index (χ1) is 10.5. The summed E-state index contributed by atoms with van der Waals surface area (Å²) in [5, 5.41) is 9.29. The molecule has 0 atom stereocenters. The van der Waals surface area contributed by atoms with Crippen LogP contribution in [-0.4, -0.2) is 16.8 Å². The maximum absolute atomic E-state index is 12.7. The fraction of sp³-hybridized carbons (Fsp3) is 0.222. The molecule has 2 aromatic carbocycles. The highest BCUT2D eigenvalue weighted by molar-refractivity contribution is 6.33. The minimum Gasteiger partial charge on any atom is -0.332 e. The van der Waals surface area contributed by atoms with Crippen molar-refractivity contribution in [3.8, 4) is 6.07 Å². The van der Waals surface area contributed by atoms with Gasteiger partial charge in [0.1, 0.15) is 0 Å². The number of rotatable bonds is 4. The summed E-state index contributed by atoms with van der Waals surface area (Å²) in [6.07, 6.45) is 0. The molecule has 0 N–H and O–H groups in total. The monoisotopic (exact) mass is 312 g/mol. The minimum atomic E-state index is -0.0926. The van der Waals surface area contributed by atoms with Crippen LogP contribution in [0, 0.1) is 11.3 Å². The molecule has 0 fully saturated rings. The van der Waals surface area contributed by atoms with Crippen molar-refractivity contribution in [3.05, 3.63) is 70.2 Å². The van der Waals surface area contributed by atoms with E-state index in [2.05, 4.69) is 6.07 Å². The molecule has 0 saturated carbocycles. The fourth-order valence-electron chi connectivity index (χ4n) is 2.16. The molecule has 0 spiro atoms. The number of nitrogens with zero attached hydrogens (tertiary/aromatic N) is 2. The van der Waals surface area contributed by atoms with Gasteiger partial charge in [-0.3, -0.25) is 4.79 Å². The normalized spacial score (nSPS) is 10.3. The standard InChI is InChI=1S/C18H17ClN2O/c1-13(2)21(12-15-9-7-14(11-20)8-10-15)18(22)16-5-3-4-6-17(16)19/h3-10,13H,12H2,1-2H3. The zero-order valence-corrected chi connectivity index (χ0v) is 13.3. The number of carbonyl (C=O) groups excluding carboxylic acids is 1. The smallest absolute Gasteiger partial charge is 0.255 e. The van der Waals surface area contributed by atoms with Gasteiger partial charge in [-0.2, -0.15) is 5.26 Å². The number of hydrogen-bond donors (Lipinski definition) is 0. The van der Waals surface area contributed by atoms with Crippen LogP contribution in [0.5, 0.6) is 0 Å². The van der Waals surface area contributed by atoms with Crippen molar-refractivity contribution < 1.29 is 4.79 Å². The molecule has 2 aromatic rings. The topological polar surface area (TPSA) is 44.1 Å². The molecule has 4 heteroatoms. The van der Waals surface area contributed by atoms with Gasteiger partial charge in [0.2, 0.25) is 0 Å². The molecule has 0 unspecified atom stereocenters. The molecule has 0 radical (unpaired) electrons. The van der Waals surface area contributed by atoms with Crippen molar-refractivity contribution in [2.45, 2.75) is 26.4 Å². The molecule has 0 saturated heterocycles. The third-order valence-corrected chi connectivity index (χ3v) is 3.75. The predicted octanol–water partition coefficient (Wildman–Crippen LogP) is 4.26. The zero-order chi connectivity index (χ0) is 16.1. The number of hydrogen-bond acceptors (Lipinski definition) is 2. The van der Waals surface area contributed by atoms with E-state index in [-0.39, 0.29) is 11.9 Å². The molecular formula is C18H17ClN2O. The van der Waals surface area contributed by atoms with E-state index in [1.807, 2.05) is 26.0 Å². The lowest BCUT2D eigenvalue weighted by Crippen LogP contribution is -2.36. The molecule has 0 heterocycles. The summed E-state index contributed by atoms with van der Waals surface area (Å²) in [6, 6.07) is 16.4. The Bertz CT molecular complexity index is 702. The molecular weight excluding hydrogens is 296 g/mol. The van der Waals surface area contributed by atoms with Crippen molar-refractivity contribution in [1.29, 1.82) is 5.26 Å². The molecule has 0 bridgehead atoms. The lowest BCUT2D eigenvalue weighted by atomic mass is 10.1. The van der Waals surface area contributed by atoms with E-state index in [1.54, 1.807) is 41.3 Å². The first-order valence-electron chi connectivity index (χ1n) is 7.07. The Morgan fingerprint density at radius 3 is 2.36 bits per heavy atom. The summed E-state index contributed by atoms with van der Waals surface area (Å²) in [5.41, 5.74) is 2.09. The van der Waals surface area contributed by atoms with Crippen LogP contribution in [0.15, 0.2) is 48.5 Å². The third kappa shape index (κ3) is 3.66. The van der Waals surface area contributed by atoms with Crippen LogP contribution in [0.2, 0.25) is 5.02 Å². The lowest BCUT2D eigenvalue weighted by Gasteiger charge is -2.27.